The molecular formula is C9H12F2N4O2S. The molecule has 0 aliphatic carbocycles. The molecule has 4 N–H and O–H groups in total. The third-order valence-electron chi connectivity index (χ3n) is 1.83. The molecule has 0 aliphatic rings. The van der Waals surface area contributed by atoms with Gasteiger partial charge in [0.1, 0.15) is 5.69 Å². The van der Waals surface area contributed by atoms with Crippen LogP contribution in [0.1, 0.15) is 17.4 Å². The number of hydrogen-bond acceptors (Lipinski definition) is 5. The number of rotatable bonds is 5. The molecule has 1 rings (SSSR count). The van der Waals surface area contributed by atoms with Crippen molar-refractivity contribution in [2.24, 2.45) is 5.73 Å². The summed E-state index contributed by atoms with van der Waals surface area (Å²) >= 11 is 1.03. The Morgan fingerprint density at radius 1 is 1.56 bits per heavy atom. The summed E-state index contributed by atoms with van der Waals surface area (Å²) in [6.07, 6.45) is 0. The molecule has 1 heterocycles. The molecule has 1 aromatic rings. The minimum absolute atomic E-state index is 0.0310. The van der Waals surface area contributed by atoms with Crippen LogP contribution < -0.4 is 16.4 Å². The smallest absolute Gasteiger partial charge is 0.277 e. The molecule has 9 heteroatoms. The summed E-state index contributed by atoms with van der Waals surface area (Å²) in [4.78, 5) is 26.0. The van der Waals surface area contributed by atoms with Gasteiger partial charge in [-0.1, -0.05) is 0 Å². The molecule has 0 saturated carbocycles. The molecule has 0 aromatic carbocycles. The van der Waals surface area contributed by atoms with E-state index in [9.17, 15) is 18.4 Å². The highest BCUT2D eigenvalue weighted by Gasteiger charge is 2.27. The van der Waals surface area contributed by atoms with Gasteiger partial charge in [-0.05, 0) is 0 Å². The van der Waals surface area contributed by atoms with Crippen LogP contribution in [0.15, 0.2) is 5.38 Å². The summed E-state index contributed by atoms with van der Waals surface area (Å²) in [6, 6.07) is 0. The number of aromatic nitrogens is 1. The van der Waals surface area contributed by atoms with E-state index >= 15 is 0 Å². The van der Waals surface area contributed by atoms with Gasteiger partial charge in [-0.3, -0.25) is 9.59 Å². The fourth-order valence-electron chi connectivity index (χ4n) is 0.958. The van der Waals surface area contributed by atoms with Crippen LogP contribution in [0, 0.1) is 0 Å². The van der Waals surface area contributed by atoms with Crippen molar-refractivity contribution in [1.29, 1.82) is 0 Å². The number of hydrogen-bond donors (Lipinski definition) is 3. The normalized spacial score (nSPS) is 11.1. The highest BCUT2D eigenvalue weighted by Crippen LogP contribution is 2.15. The number of nitrogens with two attached hydrogens (primary N) is 1. The quantitative estimate of drug-likeness (QED) is 0.727. The number of nitrogens with one attached hydrogen (secondary N) is 2. The summed E-state index contributed by atoms with van der Waals surface area (Å²) < 4.78 is 25.6. The maximum atomic E-state index is 12.8. The van der Waals surface area contributed by atoms with Gasteiger partial charge in [-0.15, -0.1) is 11.3 Å². The predicted molar refractivity (Wildman–Crippen MR) is 62.8 cm³/mol. The van der Waals surface area contributed by atoms with Crippen molar-refractivity contribution >= 4 is 28.3 Å². The lowest BCUT2D eigenvalue weighted by Gasteiger charge is -2.13. The van der Waals surface area contributed by atoms with E-state index in [0.29, 0.717) is 0 Å². The fourth-order valence-corrected chi connectivity index (χ4v) is 1.70. The lowest BCUT2D eigenvalue weighted by atomic mass is 10.3. The van der Waals surface area contributed by atoms with E-state index in [1.165, 1.54) is 12.3 Å². The van der Waals surface area contributed by atoms with Crippen LogP contribution in [0.2, 0.25) is 0 Å². The van der Waals surface area contributed by atoms with Crippen molar-refractivity contribution in [2.75, 3.05) is 18.4 Å². The monoisotopic (exact) mass is 278 g/mol. The number of carbonyl (C=O) groups is 2. The Bertz CT molecular complexity index is 450. The second kappa shape index (κ2) is 5.83. The van der Waals surface area contributed by atoms with Gasteiger partial charge < -0.3 is 16.4 Å². The van der Waals surface area contributed by atoms with Crippen molar-refractivity contribution in [2.45, 2.75) is 12.8 Å². The minimum Gasteiger partial charge on any atom is -0.345 e. The van der Waals surface area contributed by atoms with Crippen molar-refractivity contribution in [3.63, 3.8) is 0 Å². The van der Waals surface area contributed by atoms with E-state index in [-0.39, 0.29) is 16.7 Å². The average Bonchev–Trinajstić information content (AvgIpc) is 2.73. The second-order valence-corrected chi connectivity index (χ2v) is 4.32. The molecule has 100 valence electrons. The van der Waals surface area contributed by atoms with Crippen LogP contribution in [-0.4, -0.2) is 35.8 Å². The number of anilines is 1. The zero-order chi connectivity index (χ0) is 13.8. The second-order valence-electron chi connectivity index (χ2n) is 3.46. The number of halogens is 2. The van der Waals surface area contributed by atoms with Crippen LogP contribution in [0.5, 0.6) is 0 Å². The summed E-state index contributed by atoms with van der Waals surface area (Å²) in [5, 5.41) is 6.00. The topological polar surface area (TPSA) is 97.1 Å². The molecule has 1 aromatic heterocycles. The van der Waals surface area contributed by atoms with Gasteiger partial charge in [0.2, 0.25) is 5.91 Å². The zero-order valence-electron chi connectivity index (χ0n) is 9.50. The van der Waals surface area contributed by atoms with Gasteiger partial charge in [-0.2, -0.15) is 0 Å². The van der Waals surface area contributed by atoms with Crippen LogP contribution in [0.3, 0.4) is 0 Å². The van der Waals surface area contributed by atoms with E-state index in [1.54, 1.807) is 0 Å². The summed E-state index contributed by atoms with van der Waals surface area (Å²) in [6.45, 7) is -0.403. The molecule has 2 amide bonds. The fraction of sp³-hybridized carbons (Fsp3) is 0.444. The molecule has 0 bridgehead atoms. The van der Waals surface area contributed by atoms with Gasteiger partial charge in [0.15, 0.2) is 5.13 Å². The van der Waals surface area contributed by atoms with Gasteiger partial charge in [0.25, 0.3) is 11.8 Å². The predicted octanol–water partition coefficient (Wildman–Crippen LogP) is 0.425. The maximum Gasteiger partial charge on any atom is 0.277 e. The molecule has 0 spiro atoms. The number of alkyl halides is 2. The maximum absolute atomic E-state index is 12.8. The summed E-state index contributed by atoms with van der Waals surface area (Å²) in [5.74, 6) is -4.21. The van der Waals surface area contributed by atoms with Crippen LogP contribution in [0.25, 0.3) is 0 Å². The van der Waals surface area contributed by atoms with Crippen molar-refractivity contribution < 1.29 is 18.4 Å². The first-order chi connectivity index (χ1) is 8.34. The van der Waals surface area contributed by atoms with Crippen molar-refractivity contribution in [3.8, 4) is 0 Å². The molecule has 0 radical (unpaired) electrons. The highest BCUT2D eigenvalue weighted by atomic mass is 32.1. The number of amides is 2. The molecule has 0 unspecified atom stereocenters. The van der Waals surface area contributed by atoms with E-state index in [0.717, 1.165) is 11.3 Å². The first-order valence-electron chi connectivity index (χ1n) is 4.93. The number of carbonyl (C=O) groups excluding carboxylic acids is 2. The average molecular weight is 278 g/mol. The van der Waals surface area contributed by atoms with Gasteiger partial charge in [-0.25, -0.2) is 13.8 Å². The first kappa shape index (κ1) is 14.5. The molecule has 0 aliphatic heterocycles. The SMILES string of the molecule is CC(=O)Nc1nc(C(=O)NCC(F)(F)CN)cs1. The van der Waals surface area contributed by atoms with Crippen LogP contribution in [0.4, 0.5) is 13.9 Å². The number of nitrogens with zero attached hydrogens (tertiary/aromatic N) is 1. The molecule has 0 fully saturated rings. The van der Waals surface area contributed by atoms with Gasteiger partial charge in [0.05, 0.1) is 13.1 Å². The lowest BCUT2D eigenvalue weighted by Crippen LogP contribution is -2.41. The largest absolute Gasteiger partial charge is 0.345 e. The first-order valence-corrected chi connectivity index (χ1v) is 5.81. The Labute approximate surface area is 106 Å². The third kappa shape index (κ3) is 4.34. The van der Waals surface area contributed by atoms with Crippen molar-refractivity contribution in [3.05, 3.63) is 11.1 Å². The third-order valence-corrected chi connectivity index (χ3v) is 2.58. The van der Waals surface area contributed by atoms with E-state index < -0.39 is 24.9 Å². The van der Waals surface area contributed by atoms with Crippen LogP contribution >= 0.6 is 11.3 Å². The van der Waals surface area contributed by atoms with Crippen LogP contribution in [-0.2, 0) is 4.79 Å². The standard InChI is InChI=1S/C9H12F2N4O2S/c1-5(16)14-8-15-6(2-18-8)7(17)13-4-9(10,11)3-12/h2H,3-4,12H2,1H3,(H,13,17)(H,14,15,16). The summed E-state index contributed by atoms with van der Waals surface area (Å²) in [5.41, 5.74) is 4.80. The Hall–Kier alpha value is -1.61. The van der Waals surface area contributed by atoms with Gasteiger partial charge >= 0.3 is 0 Å². The minimum atomic E-state index is -3.15. The Balaban J connectivity index is 2.57. The summed E-state index contributed by atoms with van der Waals surface area (Å²) in [7, 11) is 0. The van der Waals surface area contributed by atoms with E-state index in [2.05, 4.69) is 10.3 Å². The Kier molecular flexibility index (Phi) is 4.68. The zero-order valence-corrected chi connectivity index (χ0v) is 10.3. The van der Waals surface area contributed by atoms with Crippen molar-refractivity contribution in [1.82, 2.24) is 10.3 Å². The molecule has 0 atom stereocenters. The Morgan fingerprint density at radius 2 is 2.22 bits per heavy atom. The molecular weight excluding hydrogens is 266 g/mol. The Morgan fingerprint density at radius 3 is 2.78 bits per heavy atom. The van der Waals surface area contributed by atoms with E-state index in [4.69, 9.17) is 5.73 Å². The molecule has 18 heavy (non-hydrogen) atoms. The molecule has 0 saturated heterocycles. The van der Waals surface area contributed by atoms with E-state index in [1.807, 2.05) is 5.32 Å². The highest BCUT2D eigenvalue weighted by molar-refractivity contribution is 7.14. The lowest BCUT2D eigenvalue weighted by molar-refractivity contribution is -0.114. The number of thiazole rings is 1. The molecule has 6 nitrogen and oxygen atoms in total. The van der Waals surface area contributed by atoms with Gasteiger partial charge in [0, 0.05) is 12.3 Å².